The van der Waals surface area contributed by atoms with Crippen LogP contribution in [0.25, 0.3) is 0 Å². The second kappa shape index (κ2) is 8.80. The highest BCUT2D eigenvalue weighted by Gasteiger charge is 2.28. The smallest absolute Gasteiger partial charge is 0.286 e. The molecule has 3 rings (SSSR count). The quantitative estimate of drug-likeness (QED) is 0.807. The van der Waals surface area contributed by atoms with Crippen LogP contribution in [0.5, 0.6) is 0 Å². The summed E-state index contributed by atoms with van der Waals surface area (Å²) in [5.41, 5.74) is 0.618. The molecule has 1 aliphatic rings. The van der Waals surface area contributed by atoms with Crippen molar-refractivity contribution in [3.8, 4) is 0 Å². The van der Waals surface area contributed by atoms with Crippen LogP contribution in [0.2, 0.25) is 5.02 Å². The van der Waals surface area contributed by atoms with Gasteiger partial charge in [0.05, 0.1) is 0 Å². The minimum absolute atomic E-state index is 0.139. The van der Waals surface area contributed by atoms with Gasteiger partial charge >= 0.3 is 0 Å². The fourth-order valence-corrected chi connectivity index (χ4v) is 4.18. The number of rotatable bonds is 5. The van der Waals surface area contributed by atoms with Crippen LogP contribution in [0.1, 0.15) is 53.8 Å². The van der Waals surface area contributed by atoms with E-state index in [4.69, 9.17) is 11.6 Å². The van der Waals surface area contributed by atoms with Crippen LogP contribution in [0.4, 0.5) is 5.69 Å². The van der Waals surface area contributed by atoms with Gasteiger partial charge in [-0.25, -0.2) is 0 Å². The molecule has 0 unspecified atom stereocenters. The molecule has 1 aliphatic heterocycles. The van der Waals surface area contributed by atoms with Gasteiger partial charge in [-0.2, -0.15) is 0 Å². The van der Waals surface area contributed by atoms with Crippen molar-refractivity contribution in [2.24, 2.45) is 5.92 Å². The van der Waals surface area contributed by atoms with Crippen LogP contribution < -0.4 is 5.32 Å². The Kier molecular flexibility index (Phi) is 6.44. The zero-order valence-electron chi connectivity index (χ0n) is 15.4. The van der Waals surface area contributed by atoms with Crippen LogP contribution in [-0.2, 0) is 4.79 Å². The number of aromatic nitrogens is 2. The van der Waals surface area contributed by atoms with Crippen molar-refractivity contribution in [2.45, 2.75) is 39.0 Å². The first kappa shape index (κ1) is 19.8. The molecule has 1 saturated heterocycles. The van der Waals surface area contributed by atoms with Crippen molar-refractivity contribution >= 4 is 40.4 Å². The van der Waals surface area contributed by atoms with Crippen LogP contribution in [0.3, 0.4) is 0 Å². The van der Waals surface area contributed by atoms with E-state index < -0.39 is 0 Å². The summed E-state index contributed by atoms with van der Waals surface area (Å²) >= 11 is 7.24. The van der Waals surface area contributed by atoms with E-state index in [1.54, 1.807) is 24.3 Å². The third-order valence-corrected chi connectivity index (χ3v) is 5.74. The predicted octanol–water partition coefficient (Wildman–Crippen LogP) is 4.20. The third kappa shape index (κ3) is 5.26. The highest BCUT2D eigenvalue weighted by atomic mass is 35.5. The number of anilines is 1. The number of nitrogens with one attached hydrogen (secondary N) is 1. The van der Waals surface area contributed by atoms with E-state index in [9.17, 15) is 9.59 Å². The van der Waals surface area contributed by atoms with Crippen molar-refractivity contribution < 1.29 is 9.59 Å². The monoisotopic (exact) mass is 406 g/mol. The summed E-state index contributed by atoms with van der Waals surface area (Å²) < 4.78 is 0. The number of piperidine rings is 1. The van der Waals surface area contributed by atoms with Gasteiger partial charge in [-0.3, -0.25) is 9.59 Å². The molecule has 27 heavy (non-hydrogen) atoms. The third-order valence-electron chi connectivity index (χ3n) is 4.42. The maximum absolute atomic E-state index is 12.4. The first-order valence-electron chi connectivity index (χ1n) is 9.10. The summed E-state index contributed by atoms with van der Waals surface area (Å²) in [6.07, 6.45) is 2.46. The molecule has 8 heteroatoms. The molecule has 1 aromatic heterocycles. The van der Waals surface area contributed by atoms with Gasteiger partial charge in [-0.05, 0) is 37.0 Å². The Bertz CT molecular complexity index is 824. The lowest BCUT2D eigenvalue weighted by molar-refractivity contribution is -0.133. The number of amides is 2. The lowest BCUT2D eigenvalue weighted by Crippen LogP contribution is -2.39. The number of carbonyl (C=O) groups is 2. The van der Waals surface area contributed by atoms with E-state index in [1.165, 1.54) is 11.3 Å². The van der Waals surface area contributed by atoms with E-state index in [2.05, 4.69) is 29.4 Å². The second-order valence-corrected chi connectivity index (χ2v) is 8.63. The molecule has 1 fully saturated rings. The number of halogens is 1. The number of nitrogens with zero attached hydrogens (tertiary/aromatic N) is 3. The van der Waals surface area contributed by atoms with Crippen molar-refractivity contribution in [2.75, 3.05) is 18.4 Å². The van der Waals surface area contributed by atoms with E-state index in [0.29, 0.717) is 34.6 Å². The Hall–Kier alpha value is -1.99. The van der Waals surface area contributed by atoms with Crippen LogP contribution in [0.15, 0.2) is 24.3 Å². The van der Waals surface area contributed by atoms with Gasteiger partial charge in [0.15, 0.2) is 0 Å². The van der Waals surface area contributed by atoms with E-state index >= 15 is 0 Å². The van der Waals surface area contributed by atoms with Crippen molar-refractivity contribution in [3.63, 3.8) is 0 Å². The van der Waals surface area contributed by atoms with Crippen LogP contribution in [0, 0.1) is 5.92 Å². The average Bonchev–Trinajstić information content (AvgIpc) is 3.11. The zero-order valence-corrected chi connectivity index (χ0v) is 17.0. The fourth-order valence-electron chi connectivity index (χ4n) is 3.13. The normalized spacial score (nSPS) is 17.2. The van der Waals surface area contributed by atoms with Gasteiger partial charge in [0, 0.05) is 36.1 Å². The minimum Gasteiger partial charge on any atom is -0.342 e. The van der Waals surface area contributed by atoms with E-state index in [1.807, 2.05) is 4.90 Å². The molecule has 6 nitrogen and oxygen atoms in total. The van der Waals surface area contributed by atoms with Gasteiger partial charge in [0.25, 0.3) is 5.91 Å². The maximum Gasteiger partial charge on any atom is 0.286 e. The minimum atomic E-state index is -0.301. The first-order chi connectivity index (χ1) is 12.9. The van der Waals surface area contributed by atoms with Crippen molar-refractivity contribution in [1.29, 1.82) is 0 Å². The first-order valence-corrected chi connectivity index (χ1v) is 10.3. The molecule has 0 bridgehead atoms. The molecule has 2 heterocycles. The Morgan fingerprint density at radius 1 is 1.37 bits per heavy atom. The van der Waals surface area contributed by atoms with Crippen LogP contribution >= 0.6 is 22.9 Å². The molecule has 0 aliphatic carbocycles. The van der Waals surface area contributed by atoms with Gasteiger partial charge in [-0.15, -0.1) is 10.2 Å². The molecule has 0 spiro atoms. The van der Waals surface area contributed by atoms with Crippen LogP contribution in [-0.4, -0.2) is 40.0 Å². The van der Waals surface area contributed by atoms with E-state index in [0.717, 1.165) is 24.4 Å². The highest BCUT2D eigenvalue weighted by molar-refractivity contribution is 7.13. The second-order valence-electron chi connectivity index (χ2n) is 7.19. The Labute approximate surface area is 167 Å². The van der Waals surface area contributed by atoms with Gasteiger partial charge in [-0.1, -0.05) is 42.9 Å². The largest absolute Gasteiger partial charge is 0.342 e. The highest BCUT2D eigenvalue weighted by Crippen LogP contribution is 2.30. The number of hydrogen-bond donors (Lipinski definition) is 1. The summed E-state index contributed by atoms with van der Waals surface area (Å²) in [7, 11) is 0. The fraction of sp³-hybridized carbons (Fsp3) is 0.474. The molecule has 1 aromatic carbocycles. The Morgan fingerprint density at radius 2 is 2.19 bits per heavy atom. The van der Waals surface area contributed by atoms with E-state index in [-0.39, 0.29) is 17.7 Å². The molecule has 1 atom stereocenters. The molecule has 0 saturated carbocycles. The molecule has 0 radical (unpaired) electrons. The molecule has 1 N–H and O–H groups in total. The predicted molar refractivity (Wildman–Crippen MR) is 107 cm³/mol. The molecular weight excluding hydrogens is 384 g/mol. The maximum atomic E-state index is 12.4. The molecule has 2 aromatic rings. The molecular formula is C19H23ClN4O2S. The summed E-state index contributed by atoms with van der Waals surface area (Å²) in [4.78, 5) is 26.7. The van der Waals surface area contributed by atoms with Gasteiger partial charge < -0.3 is 10.2 Å². The standard InChI is InChI=1S/C19H23ClN4O2S/c1-12(2)9-16(25)24-8-4-5-13(11-24)18-22-23-19(27-18)17(26)21-15-7-3-6-14(20)10-15/h3,6-7,10,12-13H,4-5,8-9,11H2,1-2H3,(H,21,26)/t13-/m1/s1. The Balaban J connectivity index is 1.64. The molecule has 144 valence electrons. The van der Waals surface area contributed by atoms with Gasteiger partial charge in [0.1, 0.15) is 5.01 Å². The average molecular weight is 407 g/mol. The van der Waals surface area contributed by atoms with Gasteiger partial charge in [0.2, 0.25) is 10.9 Å². The Morgan fingerprint density at radius 3 is 2.93 bits per heavy atom. The number of benzene rings is 1. The lowest BCUT2D eigenvalue weighted by atomic mass is 9.98. The van der Waals surface area contributed by atoms with Crippen molar-refractivity contribution in [1.82, 2.24) is 15.1 Å². The summed E-state index contributed by atoms with van der Waals surface area (Å²) in [6, 6.07) is 6.97. The molecule has 2 amide bonds. The lowest BCUT2D eigenvalue weighted by Gasteiger charge is -2.32. The SMILES string of the molecule is CC(C)CC(=O)N1CCC[C@@H](c2nnc(C(=O)Nc3cccc(Cl)c3)s2)C1. The summed E-state index contributed by atoms with van der Waals surface area (Å²) in [5.74, 6) is 0.379. The summed E-state index contributed by atoms with van der Waals surface area (Å²) in [6.45, 7) is 5.54. The zero-order chi connectivity index (χ0) is 19.4. The van der Waals surface area contributed by atoms with Crippen molar-refractivity contribution in [3.05, 3.63) is 39.3 Å². The summed E-state index contributed by atoms with van der Waals surface area (Å²) in [5, 5.41) is 12.7. The number of carbonyl (C=O) groups excluding carboxylic acids is 2. The number of hydrogen-bond acceptors (Lipinski definition) is 5. The topological polar surface area (TPSA) is 75.2 Å². The number of likely N-dealkylation sites (tertiary alicyclic amines) is 1.